The molecule has 0 atom stereocenters. The zero-order chi connectivity index (χ0) is 43.2. The number of rotatable bonds is 3. The van der Waals surface area contributed by atoms with Gasteiger partial charge in [0.05, 0.1) is 26.8 Å². The second-order valence-electron chi connectivity index (χ2n) is 10.9. The van der Waals surface area contributed by atoms with Crippen LogP contribution in [0.25, 0.3) is 98.6 Å². The minimum Gasteiger partial charge on any atom is -0.460 e. The number of hydrogen-bond donors (Lipinski definition) is 0. The molecule has 2 heteroatoms. The van der Waals surface area contributed by atoms with Gasteiger partial charge in [-0.05, 0) is 67.2 Å². The monoisotopic (exact) mass is 601 g/mol. The van der Waals surface area contributed by atoms with Crippen LogP contribution < -0.4 is 0 Å². The molecule has 214 valence electrons. The summed E-state index contributed by atoms with van der Waals surface area (Å²) < 4.78 is 147. The highest BCUT2D eigenvalue weighted by atomic mass is 16.4. The smallest absolute Gasteiger partial charge is 0.178 e. The standard InChI is InChI=1S/C44H26O2/c1-2-12-28(13-3-1)39-26-45-43-37(39)24-23-36-35-19-10-20-38(42(35)46-44(36)43)41-33-17-8-6-15-31(33)40(32-16-7-9-18-34(32)41)30-22-21-27-11-4-5-14-29(27)25-30/h1-26H/i4D,5D,6D,7D,8D,9D,11D,14D,15D,16D,17D,18D,21D,22D,25D. The number of para-hydroxylation sites is 1. The predicted molar refractivity (Wildman–Crippen MR) is 192 cm³/mol. The van der Waals surface area contributed by atoms with Gasteiger partial charge in [-0.25, -0.2) is 0 Å². The minimum absolute atomic E-state index is 0.0510. The van der Waals surface area contributed by atoms with Crippen LogP contribution in [0, 0.1) is 0 Å². The third-order valence-electron chi connectivity index (χ3n) is 8.44. The molecule has 0 unspecified atom stereocenters. The van der Waals surface area contributed by atoms with Crippen LogP contribution in [0.5, 0.6) is 0 Å². The summed E-state index contributed by atoms with van der Waals surface area (Å²) in [6.45, 7) is 0. The van der Waals surface area contributed by atoms with Crippen molar-refractivity contribution in [3.05, 3.63) is 158 Å². The second kappa shape index (κ2) is 9.69. The van der Waals surface area contributed by atoms with E-state index >= 15 is 0 Å². The van der Waals surface area contributed by atoms with Gasteiger partial charge in [0.1, 0.15) is 5.58 Å². The summed E-state index contributed by atoms with van der Waals surface area (Å²) in [4.78, 5) is 0. The summed E-state index contributed by atoms with van der Waals surface area (Å²) >= 11 is 0. The first kappa shape index (κ1) is 14.8. The van der Waals surface area contributed by atoms with E-state index in [9.17, 15) is 8.22 Å². The van der Waals surface area contributed by atoms with Crippen LogP contribution >= 0.6 is 0 Å². The summed E-state index contributed by atoms with van der Waals surface area (Å²) in [7, 11) is 0. The largest absolute Gasteiger partial charge is 0.460 e. The Morgan fingerprint density at radius 3 is 1.83 bits per heavy atom. The van der Waals surface area contributed by atoms with E-state index in [-0.39, 0.29) is 38.3 Å². The summed E-state index contributed by atoms with van der Waals surface area (Å²) in [5.41, 5.74) is 1.95. The molecule has 10 aromatic rings. The first-order valence-corrected chi connectivity index (χ1v) is 14.5. The molecule has 0 aliphatic rings. The highest BCUT2D eigenvalue weighted by Gasteiger charge is 2.22. The van der Waals surface area contributed by atoms with E-state index in [1.165, 1.54) is 0 Å². The molecule has 46 heavy (non-hydrogen) atoms. The van der Waals surface area contributed by atoms with Crippen molar-refractivity contribution in [3.8, 4) is 33.4 Å². The number of hydrogen-bond acceptors (Lipinski definition) is 2. The average Bonchev–Trinajstić information content (AvgIpc) is 3.88. The summed E-state index contributed by atoms with van der Waals surface area (Å²) in [6, 6.07) is 8.14. The van der Waals surface area contributed by atoms with Crippen molar-refractivity contribution >= 4 is 65.2 Å². The summed E-state index contributed by atoms with van der Waals surface area (Å²) in [6.07, 6.45) is 1.63. The lowest BCUT2D eigenvalue weighted by molar-refractivity contribution is 0.601. The van der Waals surface area contributed by atoms with Gasteiger partial charge in [-0.2, -0.15) is 0 Å². The number of benzene rings is 8. The first-order valence-electron chi connectivity index (χ1n) is 22.0. The van der Waals surface area contributed by atoms with Gasteiger partial charge >= 0.3 is 0 Å². The third kappa shape index (κ3) is 3.59. The summed E-state index contributed by atoms with van der Waals surface area (Å²) in [5, 5.41) is -0.0600. The molecule has 0 aliphatic carbocycles. The van der Waals surface area contributed by atoms with Crippen LogP contribution in [-0.4, -0.2) is 0 Å². The van der Waals surface area contributed by atoms with Crippen LogP contribution in [0.2, 0.25) is 0 Å². The lowest BCUT2D eigenvalue weighted by Crippen LogP contribution is -1.91. The van der Waals surface area contributed by atoms with Crippen molar-refractivity contribution in [2.24, 2.45) is 0 Å². The Morgan fingerprint density at radius 1 is 0.413 bits per heavy atom. The molecule has 0 aliphatic heterocycles. The molecule has 0 saturated heterocycles. The lowest BCUT2D eigenvalue weighted by Gasteiger charge is -2.18. The van der Waals surface area contributed by atoms with Crippen molar-refractivity contribution in [2.45, 2.75) is 0 Å². The first-order chi connectivity index (χ1) is 29.1. The molecule has 0 saturated carbocycles. The third-order valence-corrected chi connectivity index (χ3v) is 8.44. The van der Waals surface area contributed by atoms with Crippen molar-refractivity contribution in [1.29, 1.82) is 0 Å². The van der Waals surface area contributed by atoms with Crippen LogP contribution in [0.3, 0.4) is 0 Å². The SMILES string of the molecule is [2H]c1c([2H])c([2H])c2c([2H])c(-c3c4c([2H])c([2H])c([2H])c([2H])c4c(-c4cccc5c4oc4c5ccc5c(-c6ccccc6)coc54)c4c([2H])c([2H])c([2H])c([2H])c34)c([2H])c([2H])c2c1[2H]. The topological polar surface area (TPSA) is 26.3 Å². The molecule has 2 nitrogen and oxygen atoms in total. The number of furan rings is 2. The van der Waals surface area contributed by atoms with E-state index in [2.05, 4.69) is 0 Å². The molecule has 0 fully saturated rings. The Morgan fingerprint density at radius 2 is 1.07 bits per heavy atom. The zero-order valence-corrected chi connectivity index (χ0v) is 23.7. The van der Waals surface area contributed by atoms with Crippen molar-refractivity contribution in [2.75, 3.05) is 0 Å². The fraction of sp³-hybridized carbons (Fsp3) is 0. The van der Waals surface area contributed by atoms with Gasteiger partial charge in [-0.1, -0.05) is 133 Å². The fourth-order valence-electron chi connectivity index (χ4n) is 6.44. The molecule has 0 N–H and O–H groups in total. The molecule has 0 spiro atoms. The van der Waals surface area contributed by atoms with Gasteiger partial charge in [-0.15, -0.1) is 0 Å². The van der Waals surface area contributed by atoms with E-state index in [0.29, 0.717) is 21.9 Å². The Hall–Kier alpha value is -6.12. The maximum atomic E-state index is 9.46. The van der Waals surface area contributed by atoms with Gasteiger partial charge in [0, 0.05) is 32.8 Å². The maximum absolute atomic E-state index is 9.46. The lowest BCUT2D eigenvalue weighted by atomic mass is 9.85. The molecule has 0 bridgehead atoms. The van der Waals surface area contributed by atoms with Crippen LogP contribution in [0.15, 0.2) is 166 Å². The minimum atomic E-state index is -0.755. The molecule has 2 heterocycles. The van der Waals surface area contributed by atoms with Gasteiger partial charge in [0.2, 0.25) is 0 Å². The molecule has 2 aromatic heterocycles. The number of fused-ring (bicyclic) bond motifs is 8. The zero-order valence-electron chi connectivity index (χ0n) is 38.7. The van der Waals surface area contributed by atoms with Gasteiger partial charge in [0.15, 0.2) is 11.2 Å². The Bertz CT molecular complexity index is 3570. The van der Waals surface area contributed by atoms with Gasteiger partial charge < -0.3 is 8.83 Å². The second-order valence-corrected chi connectivity index (χ2v) is 10.9. The normalized spacial score (nSPS) is 16.5. The Balaban J connectivity index is 1.44. The average molecular weight is 602 g/mol. The maximum Gasteiger partial charge on any atom is 0.178 e. The highest BCUT2D eigenvalue weighted by molar-refractivity contribution is 6.25. The molecule has 8 aromatic carbocycles. The molecule has 0 radical (unpaired) electrons. The summed E-state index contributed by atoms with van der Waals surface area (Å²) in [5.74, 6) is 0. The van der Waals surface area contributed by atoms with Gasteiger partial charge in [0.25, 0.3) is 0 Å². The molecular weight excluding hydrogens is 560 g/mol. The van der Waals surface area contributed by atoms with E-state index in [0.717, 1.165) is 16.5 Å². The van der Waals surface area contributed by atoms with E-state index in [1.54, 1.807) is 24.5 Å². The quantitative estimate of drug-likeness (QED) is 0.188. The van der Waals surface area contributed by atoms with Crippen molar-refractivity contribution < 1.29 is 29.4 Å². The van der Waals surface area contributed by atoms with Crippen LogP contribution in [0.1, 0.15) is 20.6 Å². The van der Waals surface area contributed by atoms with Gasteiger partial charge in [-0.3, -0.25) is 0 Å². The van der Waals surface area contributed by atoms with Crippen LogP contribution in [-0.2, 0) is 0 Å². The highest BCUT2D eigenvalue weighted by Crippen LogP contribution is 2.47. The molecule has 10 rings (SSSR count). The van der Waals surface area contributed by atoms with Crippen molar-refractivity contribution in [3.63, 3.8) is 0 Å². The Kier molecular flexibility index (Phi) is 3.11. The molecular formula is C44H26O2. The van der Waals surface area contributed by atoms with E-state index < -0.39 is 113 Å². The van der Waals surface area contributed by atoms with Crippen molar-refractivity contribution in [1.82, 2.24) is 0 Å². The van der Waals surface area contributed by atoms with E-state index in [4.69, 9.17) is 21.2 Å². The Labute approximate surface area is 285 Å². The van der Waals surface area contributed by atoms with Crippen LogP contribution in [0.4, 0.5) is 0 Å². The van der Waals surface area contributed by atoms with E-state index in [1.807, 2.05) is 42.5 Å². The fourth-order valence-corrected chi connectivity index (χ4v) is 6.44. The molecule has 0 amide bonds. The predicted octanol–water partition coefficient (Wildman–Crippen LogP) is 12.8.